The van der Waals surface area contributed by atoms with Crippen LogP contribution in [-0.4, -0.2) is 49.7 Å². The van der Waals surface area contributed by atoms with Crippen LogP contribution in [0.2, 0.25) is 0 Å². The SMILES string of the molecule is CCOC(=O)C(C)CN1CCC(NCC2CC2)CC1. The number of ether oxygens (including phenoxy) is 1. The van der Waals surface area contributed by atoms with Gasteiger partial charge in [-0.3, -0.25) is 4.79 Å². The highest BCUT2D eigenvalue weighted by atomic mass is 16.5. The Morgan fingerprint density at radius 3 is 2.58 bits per heavy atom. The maximum absolute atomic E-state index is 11.6. The predicted molar refractivity (Wildman–Crippen MR) is 76.0 cm³/mol. The summed E-state index contributed by atoms with van der Waals surface area (Å²) in [6.07, 6.45) is 5.26. The molecule has 0 aromatic carbocycles. The van der Waals surface area contributed by atoms with Gasteiger partial charge in [0.25, 0.3) is 0 Å². The van der Waals surface area contributed by atoms with Crippen LogP contribution < -0.4 is 5.32 Å². The molecule has 1 saturated heterocycles. The average molecular weight is 268 g/mol. The van der Waals surface area contributed by atoms with E-state index in [-0.39, 0.29) is 11.9 Å². The van der Waals surface area contributed by atoms with Gasteiger partial charge in [0.1, 0.15) is 0 Å². The molecule has 0 amide bonds. The van der Waals surface area contributed by atoms with Gasteiger partial charge in [0.05, 0.1) is 12.5 Å². The quantitative estimate of drug-likeness (QED) is 0.713. The molecule has 2 fully saturated rings. The van der Waals surface area contributed by atoms with Crippen molar-refractivity contribution in [3.8, 4) is 0 Å². The van der Waals surface area contributed by atoms with Gasteiger partial charge in [0, 0.05) is 12.6 Å². The lowest BCUT2D eigenvalue weighted by Crippen LogP contribution is -2.45. The molecule has 2 rings (SSSR count). The number of nitrogens with one attached hydrogen (secondary N) is 1. The summed E-state index contributed by atoms with van der Waals surface area (Å²) in [6.45, 7) is 8.57. The molecule has 19 heavy (non-hydrogen) atoms. The molecule has 1 saturated carbocycles. The molecule has 110 valence electrons. The van der Waals surface area contributed by atoms with Gasteiger partial charge in [-0.15, -0.1) is 0 Å². The van der Waals surface area contributed by atoms with E-state index in [2.05, 4.69) is 10.2 Å². The largest absolute Gasteiger partial charge is 0.466 e. The van der Waals surface area contributed by atoms with Crippen LogP contribution in [0, 0.1) is 11.8 Å². The smallest absolute Gasteiger partial charge is 0.309 e. The summed E-state index contributed by atoms with van der Waals surface area (Å²) < 4.78 is 5.06. The zero-order valence-corrected chi connectivity index (χ0v) is 12.4. The molecule has 1 N–H and O–H groups in total. The molecule has 0 bridgehead atoms. The molecular weight excluding hydrogens is 240 g/mol. The molecule has 4 nitrogen and oxygen atoms in total. The lowest BCUT2D eigenvalue weighted by atomic mass is 10.0. The Bertz CT molecular complexity index is 284. The van der Waals surface area contributed by atoms with E-state index in [0.717, 1.165) is 25.6 Å². The van der Waals surface area contributed by atoms with Crippen molar-refractivity contribution in [2.24, 2.45) is 11.8 Å². The fourth-order valence-electron chi connectivity index (χ4n) is 2.72. The zero-order valence-electron chi connectivity index (χ0n) is 12.4. The lowest BCUT2D eigenvalue weighted by molar-refractivity contribution is -0.148. The van der Waals surface area contributed by atoms with Crippen LogP contribution in [0.3, 0.4) is 0 Å². The van der Waals surface area contributed by atoms with E-state index in [9.17, 15) is 4.79 Å². The van der Waals surface area contributed by atoms with E-state index in [4.69, 9.17) is 4.74 Å². The first-order chi connectivity index (χ1) is 9.19. The number of hydrogen-bond acceptors (Lipinski definition) is 4. The van der Waals surface area contributed by atoms with E-state index in [1.807, 2.05) is 13.8 Å². The standard InChI is InChI=1S/C15H28N2O2/c1-3-19-15(18)12(2)11-17-8-6-14(7-9-17)16-10-13-4-5-13/h12-14,16H,3-11H2,1-2H3. The van der Waals surface area contributed by atoms with Crippen molar-refractivity contribution >= 4 is 5.97 Å². The summed E-state index contributed by atoms with van der Waals surface area (Å²) in [5.41, 5.74) is 0. The minimum Gasteiger partial charge on any atom is -0.466 e. The number of likely N-dealkylation sites (tertiary alicyclic amines) is 1. The molecule has 0 aromatic heterocycles. The summed E-state index contributed by atoms with van der Waals surface area (Å²) in [5.74, 6) is 0.897. The minimum atomic E-state index is -0.0588. The summed E-state index contributed by atoms with van der Waals surface area (Å²) in [6, 6.07) is 0.690. The van der Waals surface area contributed by atoms with Gasteiger partial charge in [0.15, 0.2) is 0 Å². The Kier molecular flexibility index (Phi) is 5.64. The van der Waals surface area contributed by atoms with Crippen molar-refractivity contribution in [3.05, 3.63) is 0 Å². The summed E-state index contributed by atoms with van der Waals surface area (Å²) in [5, 5.41) is 3.68. The van der Waals surface area contributed by atoms with Gasteiger partial charge in [-0.05, 0) is 58.2 Å². The highest BCUT2D eigenvalue weighted by Gasteiger charge is 2.25. The van der Waals surface area contributed by atoms with Crippen LogP contribution in [-0.2, 0) is 9.53 Å². The number of esters is 1. The van der Waals surface area contributed by atoms with Crippen LogP contribution >= 0.6 is 0 Å². The summed E-state index contributed by atoms with van der Waals surface area (Å²) in [7, 11) is 0. The number of rotatable bonds is 7. The second kappa shape index (κ2) is 7.25. The first-order valence-corrected chi connectivity index (χ1v) is 7.81. The van der Waals surface area contributed by atoms with E-state index in [1.165, 1.54) is 32.2 Å². The van der Waals surface area contributed by atoms with Gasteiger partial charge in [-0.2, -0.15) is 0 Å². The zero-order chi connectivity index (χ0) is 13.7. The number of carbonyl (C=O) groups is 1. The highest BCUT2D eigenvalue weighted by Crippen LogP contribution is 2.28. The van der Waals surface area contributed by atoms with Gasteiger partial charge < -0.3 is 15.0 Å². The molecular formula is C15H28N2O2. The van der Waals surface area contributed by atoms with Gasteiger partial charge >= 0.3 is 5.97 Å². The maximum Gasteiger partial charge on any atom is 0.309 e. The fourth-order valence-corrected chi connectivity index (χ4v) is 2.72. The van der Waals surface area contributed by atoms with Crippen molar-refractivity contribution in [3.63, 3.8) is 0 Å². The van der Waals surface area contributed by atoms with E-state index in [1.54, 1.807) is 0 Å². The van der Waals surface area contributed by atoms with Crippen LogP contribution in [0.1, 0.15) is 39.5 Å². The van der Waals surface area contributed by atoms with E-state index >= 15 is 0 Å². The van der Waals surface area contributed by atoms with Crippen molar-refractivity contribution < 1.29 is 9.53 Å². The third kappa shape index (κ3) is 5.11. The van der Waals surface area contributed by atoms with Crippen molar-refractivity contribution in [1.29, 1.82) is 0 Å². The number of hydrogen-bond donors (Lipinski definition) is 1. The number of carbonyl (C=O) groups excluding carboxylic acids is 1. The Hall–Kier alpha value is -0.610. The molecule has 2 aliphatic rings. The molecule has 1 aliphatic heterocycles. The monoisotopic (exact) mass is 268 g/mol. The first kappa shape index (κ1) is 14.8. The predicted octanol–water partition coefficient (Wildman–Crippen LogP) is 1.65. The van der Waals surface area contributed by atoms with Crippen LogP contribution in [0.15, 0.2) is 0 Å². The average Bonchev–Trinajstić information content (AvgIpc) is 3.22. The lowest BCUT2D eigenvalue weighted by Gasteiger charge is -2.33. The molecule has 0 spiro atoms. The van der Waals surface area contributed by atoms with Gasteiger partial charge in [-0.25, -0.2) is 0 Å². The topological polar surface area (TPSA) is 41.6 Å². The van der Waals surface area contributed by atoms with E-state index in [0.29, 0.717) is 12.6 Å². The third-order valence-corrected chi connectivity index (χ3v) is 4.20. The Balaban J connectivity index is 1.60. The second-order valence-electron chi connectivity index (χ2n) is 6.08. The Morgan fingerprint density at radius 2 is 2.00 bits per heavy atom. The van der Waals surface area contributed by atoms with Crippen molar-refractivity contribution in [2.75, 3.05) is 32.8 Å². The fraction of sp³-hybridized carbons (Fsp3) is 0.933. The molecule has 1 heterocycles. The van der Waals surface area contributed by atoms with Crippen molar-refractivity contribution in [2.45, 2.75) is 45.6 Å². The third-order valence-electron chi connectivity index (χ3n) is 4.20. The van der Waals surface area contributed by atoms with Gasteiger partial charge in [0.2, 0.25) is 0 Å². The second-order valence-corrected chi connectivity index (χ2v) is 6.08. The summed E-state index contributed by atoms with van der Waals surface area (Å²) >= 11 is 0. The molecule has 1 unspecified atom stereocenters. The number of piperidine rings is 1. The molecule has 0 radical (unpaired) electrons. The van der Waals surface area contributed by atoms with Crippen LogP contribution in [0.25, 0.3) is 0 Å². The Labute approximate surface area is 116 Å². The Morgan fingerprint density at radius 1 is 1.32 bits per heavy atom. The molecule has 4 heteroatoms. The molecule has 0 aromatic rings. The number of nitrogens with zero attached hydrogens (tertiary/aromatic N) is 1. The maximum atomic E-state index is 11.6. The normalized spacial score (nSPS) is 23.3. The van der Waals surface area contributed by atoms with Crippen molar-refractivity contribution in [1.82, 2.24) is 10.2 Å². The molecule has 1 atom stereocenters. The van der Waals surface area contributed by atoms with Gasteiger partial charge in [-0.1, -0.05) is 6.92 Å². The van der Waals surface area contributed by atoms with E-state index < -0.39 is 0 Å². The molecule has 1 aliphatic carbocycles. The van der Waals surface area contributed by atoms with Crippen LogP contribution in [0.4, 0.5) is 0 Å². The summed E-state index contributed by atoms with van der Waals surface area (Å²) in [4.78, 5) is 14.0. The highest BCUT2D eigenvalue weighted by molar-refractivity contribution is 5.72. The first-order valence-electron chi connectivity index (χ1n) is 7.81. The van der Waals surface area contributed by atoms with Crippen LogP contribution in [0.5, 0.6) is 0 Å². The minimum absolute atomic E-state index is 0.00377.